The lowest BCUT2D eigenvalue weighted by Crippen LogP contribution is -2.48. The second-order valence-corrected chi connectivity index (χ2v) is 6.76. The van der Waals surface area contributed by atoms with E-state index in [0.717, 1.165) is 37.6 Å². The SMILES string of the molecule is O=C(c1ccc(NCc2ccncc2)nc1)N1CCN(c2ccccc2)CC1. The average Bonchev–Trinajstić information content (AvgIpc) is 2.79. The molecule has 28 heavy (non-hydrogen) atoms. The van der Waals surface area contributed by atoms with E-state index in [4.69, 9.17) is 0 Å². The Kier molecular flexibility index (Phi) is 5.47. The minimum Gasteiger partial charge on any atom is -0.368 e. The van der Waals surface area contributed by atoms with Gasteiger partial charge in [-0.05, 0) is 42.0 Å². The molecule has 1 N–H and O–H groups in total. The van der Waals surface area contributed by atoms with Crippen LogP contribution in [0.1, 0.15) is 15.9 Å². The molecule has 0 radical (unpaired) electrons. The number of hydrogen-bond donors (Lipinski definition) is 1. The number of carbonyl (C=O) groups is 1. The van der Waals surface area contributed by atoms with Gasteiger partial charge in [0.1, 0.15) is 5.82 Å². The van der Waals surface area contributed by atoms with Crippen molar-refractivity contribution < 1.29 is 4.79 Å². The van der Waals surface area contributed by atoms with Gasteiger partial charge >= 0.3 is 0 Å². The first-order valence-electron chi connectivity index (χ1n) is 9.48. The monoisotopic (exact) mass is 373 g/mol. The Hall–Kier alpha value is -3.41. The Labute approximate surface area is 164 Å². The van der Waals surface area contributed by atoms with Crippen LogP contribution in [-0.4, -0.2) is 47.0 Å². The van der Waals surface area contributed by atoms with E-state index in [2.05, 4.69) is 32.3 Å². The van der Waals surface area contributed by atoms with Gasteiger partial charge in [0.15, 0.2) is 0 Å². The first-order chi connectivity index (χ1) is 13.8. The highest BCUT2D eigenvalue weighted by molar-refractivity contribution is 5.94. The fourth-order valence-corrected chi connectivity index (χ4v) is 3.31. The molecule has 0 aliphatic carbocycles. The summed E-state index contributed by atoms with van der Waals surface area (Å²) in [5.41, 5.74) is 2.97. The summed E-state index contributed by atoms with van der Waals surface area (Å²) in [6, 6.07) is 17.9. The van der Waals surface area contributed by atoms with Crippen molar-refractivity contribution in [2.45, 2.75) is 6.54 Å². The van der Waals surface area contributed by atoms with Crippen molar-refractivity contribution in [1.82, 2.24) is 14.9 Å². The summed E-state index contributed by atoms with van der Waals surface area (Å²) < 4.78 is 0. The van der Waals surface area contributed by atoms with Crippen LogP contribution in [0.25, 0.3) is 0 Å². The lowest BCUT2D eigenvalue weighted by molar-refractivity contribution is 0.0746. The third-order valence-electron chi connectivity index (χ3n) is 4.92. The second-order valence-electron chi connectivity index (χ2n) is 6.76. The van der Waals surface area contributed by atoms with Crippen molar-refractivity contribution in [2.75, 3.05) is 36.4 Å². The van der Waals surface area contributed by atoms with Crippen molar-refractivity contribution >= 4 is 17.4 Å². The average molecular weight is 373 g/mol. The van der Waals surface area contributed by atoms with Crippen molar-refractivity contribution in [3.63, 3.8) is 0 Å². The number of pyridine rings is 2. The van der Waals surface area contributed by atoms with E-state index in [1.165, 1.54) is 5.69 Å². The van der Waals surface area contributed by atoms with Crippen molar-refractivity contribution in [3.8, 4) is 0 Å². The van der Waals surface area contributed by atoms with Crippen LogP contribution >= 0.6 is 0 Å². The van der Waals surface area contributed by atoms with Crippen molar-refractivity contribution in [2.24, 2.45) is 0 Å². The van der Waals surface area contributed by atoms with E-state index in [1.807, 2.05) is 47.4 Å². The molecule has 6 heteroatoms. The molecule has 1 aliphatic rings. The second kappa shape index (κ2) is 8.52. The van der Waals surface area contributed by atoms with E-state index in [-0.39, 0.29) is 5.91 Å². The molecular formula is C22H23N5O. The van der Waals surface area contributed by atoms with Crippen LogP contribution < -0.4 is 10.2 Å². The zero-order chi connectivity index (χ0) is 19.2. The predicted molar refractivity (Wildman–Crippen MR) is 110 cm³/mol. The number of rotatable bonds is 5. The molecule has 1 aromatic carbocycles. The summed E-state index contributed by atoms with van der Waals surface area (Å²) in [6.45, 7) is 3.79. The molecule has 0 unspecified atom stereocenters. The van der Waals surface area contributed by atoms with Gasteiger partial charge in [-0.3, -0.25) is 9.78 Å². The lowest BCUT2D eigenvalue weighted by Gasteiger charge is -2.36. The third-order valence-corrected chi connectivity index (χ3v) is 4.92. The maximum Gasteiger partial charge on any atom is 0.255 e. The van der Waals surface area contributed by atoms with Crippen molar-refractivity contribution in [1.29, 1.82) is 0 Å². The third kappa shape index (κ3) is 4.28. The molecule has 3 heterocycles. The van der Waals surface area contributed by atoms with E-state index in [1.54, 1.807) is 18.6 Å². The quantitative estimate of drug-likeness (QED) is 0.745. The van der Waals surface area contributed by atoms with Crippen LogP contribution in [-0.2, 0) is 6.54 Å². The summed E-state index contributed by atoms with van der Waals surface area (Å²) >= 11 is 0. The maximum atomic E-state index is 12.8. The van der Waals surface area contributed by atoms with Gasteiger partial charge in [-0.1, -0.05) is 18.2 Å². The fraction of sp³-hybridized carbons (Fsp3) is 0.227. The summed E-state index contributed by atoms with van der Waals surface area (Å²) in [7, 11) is 0. The fourth-order valence-electron chi connectivity index (χ4n) is 3.31. The number of carbonyl (C=O) groups excluding carboxylic acids is 1. The maximum absolute atomic E-state index is 12.8. The number of amides is 1. The summed E-state index contributed by atoms with van der Waals surface area (Å²) in [5, 5.41) is 3.26. The topological polar surface area (TPSA) is 61.4 Å². The predicted octanol–water partition coefficient (Wildman–Crippen LogP) is 3.05. The molecule has 0 saturated carbocycles. The van der Waals surface area contributed by atoms with Crippen molar-refractivity contribution in [3.05, 3.63) is 84.3 Å². The number of aromatic nitrogens is 2. The summed E-state index contributed by atoms with van der Waals surface area (Å²) in [5.74, 6) is 0.795. The number of piperazine rings is 1. The smallest absolute Gasteiger partial charge is 0.255 e. The number of hydrogen-bond acceptors (Lipinski definition) is 5. The highest BCUT2D eigenvalue weighted by atomic mass is 16.2. The molecule has 0 atom stereocenters. The molecule has 4 rings (SSSR count). The van der Waals surface area contributed by atoms with E-state index < -0.39 is 0 Å². The zero-order valence-electron chi connectivity index (χ0n) is 15.7. The molecular weight excluding hydrogens is 350 g/mol. The van der Waals surface area contributed by atoms with Crippen LogP contribution in [0.3, 0.4) is 0 Å². The lowest BCUT2D eigenvalue weighted by atomic mass is 10.2. The Morgan fingerprint density at radius 3 is 2.36 bits per heavy atom. The number of anilines is 2. The van der Waals surface area contributed by atoms with Crippen LogP contribution in [0, 0.1) is 0 Å². The molecule has 3 aromatic rings. The largest absolute Gasteiger partial charge is 0.368 e. The van der Waals surface area contributed by atoms with Gasteiger partial charge < -0.3 is 15.1 Å². The molecule has 1 saturated heterocycles. The molecule has 2 aromatic heterocycles. The molecule has 6 nitrogen and oxygen atoms in total. The Bertz CT molecular complexity index is 891. The molecule has 1 fully saturated rings. The first kappa shape index (κ1) is 18.0. The highest BCUT2D eigenvalue weighted by Crippen LogP contribution is 2.17. The van der Waals surface area contributed by atoms with Gasteiger partial charge in [0, 0.05) is 57.0 Å². The van der Waals surface area contributed by atoms with Crippen LogP contribution in [0.5, 0.6) is 0 Å². The van der Waals surface area contributed by atoms with Crippen LogP contribution in [0.4, 0.5) is 11.5 Å². The molecule has 1 amide bonds. The highest BCUT2D eigenvalue weighted by Gasteiger charge is 2.22. The minimum absolute atomic E-state index is 0.0425. The van der Waals surface area contributed by atoms with Crippen LogP contribution in [0.15, 0.2) is 73.2 Å². The Morgan fingerprint density at radius 1 is 0.929 bits per heavy atom. The molecule has 142 valence electrons. The Morgan fingerprint density at radius 2 is 1.68 bits per heavy atom. The molecule has 0 bridgehead atoms. The number of nitrogens with zero attached hydrogens (tertiary/aromatic N) is 4. The van der Waals surface area contributed by atoms with Gasteiger partial charge in [-0.2, -0.15) is 0 Å². The summed E-state index contributed by atoms with van der Waals surface area (Å²) in [6.07, 6.45) is 5.19. The number of para-hydroxylation sites is 1. The first-order valence-corrected chi connectivity index (χ1v) is 9.48. The van der Waals surface area contributed by atoms with Gasteiger partial charge in [0.05, 0.1) is 5.56 Å². The van der Waals surface area contributed by atoms with Gasteiger partial charge in [-0.15, -0.1) is 0 Å². The van der Waals surface area contributed by atoms with Gasteiger partial charge in [0.2, 0.25) is 0 Å². The standard InChI is InChI=1S/C22H23N5O/c28-22(27-14-12-26(13-15-27)20-4-2-1-3-5-20)19-6-7-21(25-17-19)24-16-18-8-10-23-11-9-18/h1-11,17H,12-16H2,(H,24,25). The molecule has 0 spiro atoms. The van der Waals surface area contributed by atoms with Gasteiger partial charge in [0.25, 0.3) is 5.91 Å². The summed E-state index contributed by atoms with van der Waals surface area (Å²) in [4.78, 5) is 25.4. The number of nitrogens with one attached hydrogen (secondary N) is 1. The molecule has 1 aliphatic heterocycles. The number of benzene rings is 1. The normalized spacial score (nSPS) is 14.0. The minimum atomic E-state index is 0.0425. The van der Waals surface area contributed by atoms with E-state index >= 15 is 0 Å². The zero-order valence-corrected chi connectivity index (χ0v) is 15.7. The van der Waals surface area contributed by atoms with E-state index in [0.29, 0.717) is 12.1 Å². The van der Waals surface area contributed by atoms with Crippen LogP contribution in [0.2, 0.25) is 0 Å². The van der Waals surface area contributed by atoms with Gasteiger partial charge in [-0.25, -0.2) is 4.98 Å². The van der Waals surface area contributed by atoms with E-state index in [9.17, 15) is 4.79 Å². The Balaban J connectivity index is 1.31.